The summed E-state index contributed by atoms with van der Waals surface area (Å²) < 4.78 is 0. The van der Waals surface area contributed by atoms with E-state index in [1.54, 1.807) is 0 Å². The molecule has 0 aliphatic rings. The molecule has 2 rings (SSSR count). The maximum absolute atomic E-state index is 12.7. The molecule has 1 heterocycles. The Hall–Kier alpha value is -2.83. The molecule has 1 aromatic heterocycles. The van der Waals surface area contributed by atoms with Crippen molar-refractivity contribution in [3.63, 3.8) is 0 Å². The van der Waals surface area contributed by atoms with Gasteiger partial charge in [-0.15, -0.1) is 0 Å². The number of primary amides is 1. The third-order valence-electron chi connectivity index (χ3n) is 4.30. The predicted molar refractivity (Wildman–Crippen MR) is 100 cm³/mol. The number of carbonyl (C=O) groups is 3. The molecule has 5 N–H and O–H groups in total. The molecule has 7 nitrogen and oxygen atoms in total. The second-order valence-electron chi connectivity index (χ2n) is 6.42. The Labute approximate surface area is 152 Å². The smallest absolute Gasteiger partial charge is 0.243 e. The lowest BCUT2D eigenvalue weighted by atomic mass is 10.0. The fourth-order valence-corrected chi connectivity index (χ4v) is 2.94. The first-order chi connectivity index (χ1) is 12.4. The maximum Gasteiger partial charge on any atom is 0.243 e. The van der Waals surface area contributed by atoms with E-state index in [9.17, 15) is 14.4 Å². The van der Waals surface area contributed by atoms with Crippen molar-refractivity contribution in [2.75, 3.05) is 0 Å². The lowest BCUT2D eigenvalue weighted by Crippen LogP contribution is -2.53. The highest BCUT2D eigenvalue weighted by molar-refractivity contribution is 5.92. The van der Waals surface area contributed by atoms with E-state index in [2.05, 4.69) is 15.6 Å². The molecule has 0 bridgehead atoms. The number of rotatable bonds is 9. The van der Waals surface area contributed by atoms with E-state index in [0.717, 1.165) is 29.3 Å². The maximum atomic E-state index is 12.7. The van der Waals surface area contributed by atoms with Crippen LogP contribution in [-0.4, -0.2) is 34.8 Å². The summed E-state index contributed by atoms with van der Waals surface area (Å²) in [5.41, 5.74) is 7.27. The van der Waals surface area contributed by atoms with Crippen LogP contribution in [0.1, 0.15) is 38.7 Å². The van der Waals surface area contributed by atoms with Gasteiger partial charge in [-0.25, -0.2) is 0 Å². The second-order valence-corrected chi connectivity index (χ2v) is 6.42. The Bertz CT molecular complexity index is 784. The first-order valence-corrected chi connectivity index (χ1v) is 8.84. The van der Waals surface area contributed by atoms with Crippen molar-refractivity contribution in [3.05, 3.63) is 36.0 Å². The molecule has 0 saturated carbocycles. The van der Waals surface area contributed by atoms with Crippen LogP contribution in [0.15, 0.2) is 30.5 Å². The second kappa shape index (κ2) is 9.03. The number of aromatic amines is 1. The molecular weight excluding hydrogens is 332 g/mol. The first kappa shape index (κ1) is 19.5. The van der Waals surface area contributed by atoms with Gasteiger partial charge in [0, 0.05) is 30.4 Å². The Balaban J connectivity index is 2.16. The Morgan fingerprint density at radius 2 is 1.88 bits per heavy atom. The van der Waals surface area contributed by atoms with Crippen LogP contribution in [0.3, 0.4) is 0 Å². The van der Waals surface area contributed by atoms with E-state index >= 15 is 0 Å². The van der Waals surface area contributed by atoms with Crippen LogP contribution in [0.2, 0.25) is 0 Å². The van der Waals surface area contributed by atoms with Gasteiger partial charge in [0.2, 0.25) is 17.7 Å². The number of aromatic nitrogens is 1. The lowest BCUT2D eigenvalue weighted by molar-refractivity contribution is -0.130. The fourth-order valence-electron chi connectivity index (χ4n) is 2.94. The van der Waals surface area contributed by atoms with Gasteiger partial charge in [-0.3, -0.25) is 14.4 Å². The van der Waals surface area contributed by atoms with Crippen LogP contribution in [0, 0.1) is 0 Å². The van der Waals surface area contributed by atoms with Crippen LogP contribution in [0.5, 0.6) is 0 Å². The molecule has 1 aromatic carbocycles. The molecule has 7 heteroatoms. The van der Waals surface area contributed by atoms with Gasteiger partial charge in [0.05, 0.1) is 0 Å². The van der Waals surface area contributed by atoms with Gasteiger partial charge in [-0.05, 0) is 18.1 Å². The lowest BCUT2D eigenvalue weighted by Gasteiger charge is -2.21. The molecule has 2 atom stereocenters. The Morgan fingerprint density at radius 3 is 2.54 bits per heavy atom. The summed E-state index contributed by atoms with van der Waals surface area (Å²) in [6.45, 7) is 3.36. The quantitative estimate of drug-likeness (QED) is 0.542. The number of unbranched alkanes of at least 4 members (excludes halogenated alkanes) is 1. The van der Waals surface area contributed by atoms with Crippen LogP contribution < -0.4 is 16.4 Å². The number of H-pyrrole nitrogens is 1. The van der Waals surface area contributed by atoms with E-state index < -0.39 is 23.9 Å². The van der Waals surface area contributed by atoms with Crippen molar-refractivity contribution in [1.82, 2.24) is 15.6 Å². The van der Waals surface area contributed by atoms with Gasteiger partial charge in [0.15, 0.2) is 0 Å². The molecule has 0 aliphatic heterocycles. The summed E-state index contributed by atoms with van der Waals surface area (Å²) in [6.07, 6.45) is 4.30. The number of para-hydroxylation sites is 1. The zero-order valence-electron chi connectivity index (χ0n) is 15.2. The average Bonchev–Trinajstić information content (AvgIpc) is 3.00. The summed E-state index contributed by atoms with van der Waals surface area (Å²) in [5, 5.41) is 6.34. The van der Waals surface area contributed by atoms with Crippen LogP contribution >= 0.6 is 0 Å². The molecular formula is C19H26N4O3. The Morgan fingerprint density at radius 1 is 1.15 bits per heavy atom. The van der Waals surface area contributed by atoms with Gasteiger partial charge in [-0.2, -0.15) is 0 Å². The van der Waals surface area contributed by atoms with E-state index in [-0.39, 0.29) is 5.91 Å². The number of hydrogen-bond acceptors (Lipinski definition) is 3. The predicted octanol–water partition coefficient (Wildman–Crippen LogP) is 1.38. The van der Waals surface area contributed by atoms with Crippen molar-refractivity contribution in [1.29, 1.82) is 0 Å². The van der Waals surface area contributed by atoms with Crippen molar-refractivity contribution >= 4 is 28.6 Å². The van der Waals surface area contributed by atoms with E-state index in [0.29, 0.717) is 12.8 Å². The molecule has 0 saturated heterocycles. The van der Waals surface area contributed by atoms with Gasteiger partial charge in [0.25, 0.3) is 0 Å². The third kappa shape index (κ3) is 5.08. The normalized spacial score (nSPS) is 13.2. The SMILES string of the molecule is CCCC[C@H](NC(=O)[C@H](Cc1c[nH]c2ccccc12)NC(C)=O)C(N)=O. The number of hydrogen-bond donors (Lipinski definition) is 4. The molecule has 0 radical (unpaired) electrons. The molecule has 0 fully saturated rings. The van der Waals surface area contributed by atoms with E-state index in [1.165, 1.54) is 6.92 Å². The van der Waals surface area contributed by atoms with Gasteiger partial charge in [-0.1, -0.05) is 38.0 Å². The van der Waals surface area contributed by atoms with Gasteiger partial charge >= 0.3 is 0 Å². The zero-order valence-corrected chi connectivity index (χ0v) is 15.2. The summed E-state index contributed by atoms with van der Waals surface area (Å²) in [7, 11) is 0. The number of nitrogens with one attached hydrogen (secondary N) is 3. The molecule has 26 heavy (non-hydrogen) atoms. The molecule has 0 aliphatic carbocycles. The monoisotopic (exact) mass is 358 g/mol. The van der Waals surface area contributed by atoms with Crippen LogP contribution in [-0.2, 0) is 20.8 Å². The summed E-state index contributed by atoms with van der Waals surface area (Å²) >= 11 is 0. The topological polar surface area (TPSA) is 117 Å². The third-order valence-corrected chi connectivity index (χ3v) is 4.30. The highest BCUT2D eigenvalue weighted by atomic mass is 16.2. The zero-order chi connectivity index (χ0) is 19.1. The standard InChI is InChI=1S/C19H26N4O3/c1-3-4-8-16(18(20)25)23-19(26)17(22-12(2)24)10-13-11-21-15-9-6-5-7-14(13)15/h5-7,9,11,16-17,21H,3-4,8,10H2,1-2H3,(H2,20,25)(H,22,24)(H,23,26)/t16-,17-/m0/s1. The van der Waals surface area contributed by atoms with Crippen LogP contribution in [0.25, 0.3) is 10.9 Å². The fraction of sp³-hybridized carbons (Fsp3) is 0.421. The first-order valence-electron chi connectivity index (χ1n) is 8.84. The molecule has 3 amide bonds. The van der Waals surface area contributed by atoms with Gasteiger partial charge < -0.3 is 21.4 Å². The van der Waals surface area contributed by atoms with Crippen molar-refractivity contribution in [3.8, 4) is 0 Å². The summed E-state index contributed by atoms with van der Waals surface area (Å²) in [4.78, 5) is 39.0. The average molecular weight is 358 g/mol. The van der Waals surface area contributed by atoms with Crippen LogP contribution in [0.4, 0.5) is 0 Å². The van der Waals surface area contributed by atoms with Crippen molar-refractivity contribution in [2.24, 2.45) is 5.73 Å². The largest absolute Gasteiger partial charge is 0.368 e. The van der Waals surface area contributed by atoms with Crippen molar-refractivity contribution in [2.45, 2.75) is 51.6 Å². The minimum Gasteiger partial charge on any atom is -0.368 e. The number of benzene rings is 1. The minimum atomic E-state index is -0.782. The van der Waals surface area contributed by atoms with E-state index in [4.69, 9.17) is 5.73 Å². The molecule has 0 spiro atoms. The van der Waals surface area contributed by atoms with Crippen molar-refractivity contribution < 1.29 is 14.4 Å². The summed E-state index contributed by atoms with van der Waals surface area (Å²) in [5.74, 6) is -1.29. The number of fused-ring (bicyclic) bond motifs is 1. The number of carbonyl (C=O) groups excluding carboxylic acids is 3. The molecule has 140 valence electrons. The highest BCUT2D eigenvalue weighted by Gasteiger charge is 2.25. The molecule has 2 aromatic rings. The van der Waals surface area contributed by atoms with E-state index in [1.807, 2.05) is 37.4 Å². The highest BCUT2D eigenvalue weighted by Crippen LogP contribution is 2.19. The summed E-state index contributed by atoms with van der Waals surface area (Å²) in [6, 6.07) is 6.22. The number of amides is 3. The minimum absolute atomic E-state index is 0.311. The molecule has 0 unspecified atom stereocenters. The number of nitrogens with two attached hydrogens (primary N) is 1. The Kier molecular flexibility index (Phi) is 6.77. The van der Waals surface area contributed by atoms with Gasteiger partial charge in [0.1, 0.15) is 12.1 Å².